The lowest BCUT2D eigenvalue weighted by Gasteiger charge is -2.39. The van der Waals surface area contributed by atoms with Crippen LogP contribution in [0.1, 0.15) is 56.5 Å². The van der Waals surface area contributed by atoms with Gasteiger partial charge in [0, 0.05) is 42.8 Å². The van der Waals surface area contributed by atoms with Crippen LogP contribution in [0.15, 0.2) is 65.1 Å². The van der Waals surface area contributed by atoms with Gasteiger partial charge in [-0.15, -0.1) is 10.2 Å². The van der Waals surface area contributed by atoms with Crippen LogP contribution in [0.25, 0.3) is 0 Å². The molecule has 2 amide bonds. The number of benzene rings is 2. The lowest BCUT2D eigenvalue weighted by Crippen LogP contribution is -2.48. The minimum Gasteiger partial charge on any atom is -0.443 e. The van der Waals surface area contributed by atoms with Gasteiger partial charge in [0.25, 0.3) is 17.6 Å². The first-order valence-electron chi connectivity index (χ1n) is 12.4. The van der Waals surface area contributed by atoms with Gasteiger partial charge in [-0.1, -0.05) is 36.3 Å². The zero-order chi connectivity index (χ0) is 26.1. The third kappa shape index (κ3) is 4.23. The molecule has 2 aromatic carbocycles. The van der Waals surface area contributed by atoms with Crippen molar-refractivity contribution in [3.8, 4) is 11.8 Å². The van der Waals surface area contributed by atoms with Gasteiger partial charge >= 0.3 is 0 Å². The molecule has 1 fully saturated rings. The summed E-state index contributed by atoms with van der Waals surface area (Å²) in [6, 6.07) is 18.9. The molecule has 0 unspecified atom stereocenters. The van der Waals surface area contributed by atoms with Gasteiger partial charge < -0.3 is 20.0 Å². The Hall–Kier alpha value is -4.75. The second-order valence-electron chi connectivity index (χ2n) is 9.53. The van der Waals surface area contributed by atoms with Crippen LogP contribution in [-0.4, -0.2) is 57.0 Å². The number of furan rings is 1. The van der Waals surface area contributed by atoms with Gasteiger partial charge in [-0.2, -0.15) is 5.21 Å². The lowest BCUT2D eigenvalue weighted by atomic mass is 9.74. The Morgan fingerprint density at radius 1 is 1.03 bits per heavy atom. The van der Waals surface area contributed by atoms with E-state index in [-0.39, 0.29) is 28.8 Å². The van der Waals surface area contributed by atoms with Crippen molar-refractivity contribution in [3.05, 3.63) is 94.7 Å². The highest BCUT2D eigenvalue weighted by Gasteiger charge is 2.47. The molecule has 0 bridgehead atoms. The third-order valence-electron chi connectivity index (χ3n) is 7.33. The van der Waals surface area contributed by atoms with Gasteiger partial charge in [0.1, 0.15) is 0 Å². The molecule has 0 radical (unpaired) electrons. The fourth-order valence-corrected chi connectivity index (χ4v) is 5.29. The number of nitrogens with two attached hydrogens (primary N) is 1. The van der Waals surface area contributed by atoms with Crippen molar-refractivity contribution in [1.82, 2.24) is 25.5 Å². The summed E-state index contributed by atoms with van der Waals surface area (Å²) in [6.07, 6.45) is 1.38. The standard InChI is InChI=1S/C28H25N7O3/c29-17-20-7-10-23-22(16-20)28(18-35(23)27(37)25-30-32-33-31-25)12-14-34(15-13-28)26(36)24-11-9-21(38-24)8-6-19-4-2-1-3-5-19/h1-5,7,9-11,16H,12-15,17-18,29H2,(H,30,31,32,33). The van der Waals surface area contributed by atoms with E-state index in [1.54, 1.807) is 21.9 Å². The maximum atomic E-state index is 13.2. The fourth-order valence-electron chi connectivity index (χ4n) is 5.29. The van der Waals surface area contributed by atoms with Crippen LogP contribution in [0.2, 0.25) is 0 Å². The van der Waals surface area contributed by atoms with E-state index in [2.05, 4.69) is 38.5 Å². The summed E-state index contributed by atoms with van der Waals surface area (Å²) in [5.74, 6) is 6.28. The number of piperidine rings is 1. The molecule has 2 aliphatic heterocycles. The zero-order valence-electron chi connectivity index (χ0n) is 20.6. The van der Waals surface area contributed by atoms with Crippen LogP contribution in [0.4, 0.5) is 5.69 Å². The number of aromatic nitrogens is 4. The van der Waals surface area contributed by atoms with E-state index in [1.165, 1.54) is 0 Å². The Labute approximate surface area is 218 Å². The zero-order valence-corrected chi connectivity index (χ0v) is 20.6. The second kappa shape index (κ2) is 9.61. The number of carbonyl (C=O) groups excluding carboxylic acids is 2. The van der Waals surface area contributed by atoms with Gasteiger partial charge in [-0.25, -0.2) is 0 Å². The number of carbonyl (C=O) groups is 2. The number of tetrazole rings is 1. The molecule has 4 heterocycles. The minimum absolute atomic E-state index is 0.0208. The molecule has 2 aliphatic rings. The molecule has 3 N–H and O–H groups in total. The highest BCUT2D eigenvalue weighted by atomic mass is 16.3. The number of nitrogens with one attached hydrogen (secondary N) is 1. The van der Waals surface area contributed by atoms with Crippen LogP contribution < -0.4 is 10.6 Å². The average molecular weight is 508 g/mol. The Kier molecular flexibility index (Phi) is 5.98. The molecule has 0 saturated carbocycles. The molecule has 1 saturated heterocycles. The molecular weight excluding hydrogens is 482 g/mol. The number of hydrogen-bond acceptors (Lipinski definition) is 7. The molecule has 6 rings (SSSR count). The molecule has 1 spiro atoms. The number of hydrogen-bond donors (Lipinski definition) is 2. The summed E-state index contributed by atoms with van der Waals surface area (Å²) >= 11 is 0. The maximum Gasteiger partial charge on any atom is 0.299 e. The van der Waals surface area contributed by atoms with Crippen molar-refractivity contribution >= 4 is 17.5 Å². The Bertz CT molecular complexity index is 1540. The second-order valence-corrected chi connectivity index (χ2v) is 9.53. The molecule has 0 atom stereocenters. The van der Waals surface area contributed by atoms with Crippen molar-refractivity contribution < 1.29 is 14.0 Å². The van der Waals surface area contributed by atoms with Crippen LogP contribution in [-0.2, 0) is 12.0 Å². The topological polar surface area (TPSA) is 134 Å². The number of nitrogens with zero attached hydrogens (tertiary/aromatic N) is 5. The summed E-state index contributed by atoms with van der Waals surface area (Å²) in [5, 5.41) is 13.6. The van der Waals surface area contributed by atoms with Crippen molar-refractivity contribution in [2.24, 2.45) is 5.73 Å². The Morgan fingerprint density at radius 3 is 2.58 bits per heavy atom. The summed E-state index contributed by atoms with van der Waals surface area (Å²) in [5.41, 5.74) is 9.39. The predicted octanol–water partition coefficient (Wildman–Crippen LogP) is 2.49. The summed E-state index contributed by atoms with van der Waals surface area (Å²) in [7, 11) is 0. The maximum absolute atomic E-state index is 13.2. The third-order valence-corrected chi connectivity index (χ3v) is 7.33. The van der Waals surface area contributed by atoms with Crippen LogP contribution in [0, 0.1) is 11.8 Å². The normalized spacial score (nSPS) is 15.7. The number of H-pyrrole nitrogens is 1. The van der Waals surface area contributed by atoms with Gasteiger partial charge in [0.05, 0.1) is 0 Å². The average Bonchev–Trinajstić information content (AvgIpc) is 3.73. The van der Waals surface area contributed by atoms with Crippen molar-refractivity contribution in [1.29, 1.82) is 0 Å². The molecule has 190 valence electrons. The molecule has 10 heteroatoms. The van der Waals surface area contributed by atoms with Crippen LogP contribution in [0.5, 0.6) is 0 Å². The van der Waals surface area contributed by atoms with E-state index in [0.717, 1.165) is 22.4 Å². The quantitative estimate of drug-likeness (QED) is 0.407. The van der Waals surface area contributed by atoms with Crippen molar-refractivity contribution in [2.45, 2.75) is 24.8 Å². The molecule has 4 aromatic rings. The highest BCUT2D eigenvalue weighted by molar-refractivity contribution is 6.05. The summed E-state index contributed by atoms with van der Waals surface area (Å²) in [4.78, 5) is 29.9. The number of aromatic amines is 1. The Balaban J connectivity index is 1.19. The SMILES string of the molecule is NCc1ccc2c(c1)C1(CCN(C(=O)c3ccc(C#Cc4ccccc4)o3)CC1)CN2C(=O)c1nn[nH]n1. The van der Waals surface area contributed by atoms with E-state index >= 15 is 0 Å². The first-order valence-corrected chi connectivity index (χ1v) is 12.4. The highest BCUT2D eigenvalue weighted by Crippen LogP contribution is 2.48. The molecular formula is C28H25N7O3. The van der Waals surface area contributed by atoms with Crippen LogP contribution >= 0.6 is 0 Å². The predicted molar refractivity (Wildman–Crippen MR) is 138 cm³/mol. The molecule has 2 aromatic heterocycles. The monoisotopic (exact) mass is 507 g/mol. The fraction of sp³-hybridized carbons (Fsp3) is 0.250. The first kappa shape index (κ1) is 23.6. The number of likely N-dealkylation sites (tertiary alicyclic amines) is 1. The van der Waals surface area contributed by atoms with E-state index in [9.17, 15) is 9.59 Å². The molecule has 10 nitrogen and oxygen atoms in total. The van der Waals surface area contributed by atoms with Crippen LogP contribution in [0.3, 0.4) is 0 Å². The minimum atomic E-state index is -0.310. The van der Waals surface area contributed by atoms with E-state index in [1.807, 2.05) is 42.5 Å². The van der Waals surface area contributed by atoms with Gasteiger partial charge in [0.2, 0.25) is 0 Å². The lowest BCUT2D eigenvalue weighted by molar-refractivity contribution is 0.0638. The van der Waals surface area contributed by atoms with E-state index < -0.39 is 0 Å². The smallest absolute Gasteiger partial charge is 0.299 e. The number of amides is 2. The summed E-state index contributed by atoms with van der Waals surface area (Å²) < 4.78 is 5.76. The number of rotatable bonds is 3. The Morgan fingerprint density at radius 2 is 1.84 bits per heavy atom. The number of fused-ring (bicyclic) bond motifs is 2. The van der Waals surface area contributed by atoms with E-state index in [0.29, 0.717) is 44.8 Å². The van der Waals surface area contributed by atoms with Crippen molar-refractivity contribution in [2.75, 3.05) is 24.5 Å². The number of anilines is 1. The van der Waals surface area contributed by atoms with Gasteiger partial charge in [-0.3, -0.25) is 9.59 Å². The van der Waals surface area contributed by atoms with Crippen molar-refractivity contribution in [3.63, 3.8) is 0 Å². The molecule has 38 heavy (non-hydrogen) atoms. The van der Waals surface area contributed by atoms with Gasteiger partial charge in [-0.05, 0) is 65.4 Å². The van der Waals surface area contributed by atoms with E-state index in [4.69, 9.17) is 10.2 Å². The largest absolute Gasteiger partial charge is 0.443 e. The first-order chi connectivity index (χ1) is 18.6. The van der Waals surface area contributed by atoms with Gasteiger partial charge in [0.15, 0.2) is 11.5 Å². The molecule has 0 aliphatic carbocycles. The summed E-state index contributed by atoms with van der Waals surface area (Å²) in [6.45, 7) is 1.94.